The van der Waals surface area contributed by atoms with Crippen LogP contribution in [0, 0.1) is 0 Å². The van der Waals surface area contributed by atoms with Crippen molar-refractivity contribution >= 4 is 11.5 Å². The van der Waals surface area contributed by atoms with Gasteiger partial charge in [-0.1, -0.05) is 12.1 Å². The third-order valence-electron chi connectivity index (χ3n) is 3.15. The van der Waals surface area contributed by atoms with Gasteiger partial charge in [-0.2, -0.15) is 0 Å². The van der Waals surface area contributed by atoms with Crippen LogP contribution in [-0.4, -0.2) is 25.6 Å². The Morgan fingerprint density at radius 1 is 1.25 bits per heavy atom. The second-order valence-electron chi connectivity index (χ2n) is 4.50. The number of hydrogen-bond acceptors (Lipinski definition) is 3. The number of aromatic carboxylic acids is 1. The standard InChI is InChI=1S/C15H12N2O3/c18-11-4-1-3-10(7-11)8-14-16-9-13-12(15(19)20)5-2-6-17(13)14/h1-7,9,18H,8H2,(H,19,20). The minimum atomic E-state index is -0.973. The van der Waals surface area contributed by atoms with E-state index >= 15 is 0 Å². The largest absolute Gasteiger partial charge is 0.508 e. The first-order chi connectivity index (χ1) is 9.65. The van der Waals surface area contributed by atoms with Crippen molar-refractivity contribution in [1.29, 1.82) is 0 Å². The second-order valence-corrected chi connectivity index (χ2v) is 4.50. The number of carboxylic acid groups (broad SMARTS) is 1. The molecule has 1 aromatic carbocycles. The minimum absolute atomic E-state index is 0.203. The molecule has 20 heavy (non-hydrogen) atoms. The summed E-state index contributed by atoms with van der Waals surface area (Å²) in [6, 6.07) is 10.2. The van der Waals surface area contributed by atoms with Gasteiger partial charge in [-0.15, -0.1) is 0 Å². The number of aromatic hydroxyl groups is 1. The van der Waals surface area contributed by atoms with Gasteiger partial charge in [-0.25, -0.2) is 9.78 Å². The number of hydrogen-bond donors (Lipinski definition) is 2. The molecule has 0 bridgehead atoms. The van der Waals surface area contributed by atoms with Crippen LogP contribution in [0.3, 0.4) is 0 Å². The average molecular weight is 268 g/mol. The molecule has 0 spiro atoms. The van der Waals surface area contributed by atoms with Gasteiger partial charge in [0.15, 0.2) is 0 Å². The summed E-state index contributed by atoms with van der Waals surface area (Å²) >= 11 is 0. The van der Waals surface area contributed by atoms with E-state index in [-0.39, 0.29) is 11.3 Å². The van der Waals surface area contributed by atoms with Gasteiger partial charge in [0.2, 0.25) is 0 Å². The molecule has 3 aromatic rings. The summed E-state index contributed by atoms with van der Waals surface area (Å²) in [6.07, 6.45) is 3.86. The Morgan fingerprint density at radius 3 is 2.85 bits per heavy atom. The Morgan fingerprint density at radius 2 is 2.10 bits per heavy atom. The Labute approximate surface area is 114 Å². The summed E-state index contributed by atoms with van der Waals surface area (Å²) in [5.74, 6) is -0.0392. The first-order valence-electron chi connectivity index (χ1n) is 6.11. The van der Waals surface area contributed by atoms with Gasteiger partial charge in [-0.3, -0.25) is 0 Å². The van der Waals surface area contributed by atoms with Gasteiger partial charge in [0.25, 0.3) is 0 Å². The molecule has 0 saturated heterocycles. The summed E-state index contributed by atoms with van der Waals surface area (Å²) in [5, 5.41) is 18.6. The molecule has 5 nitrogen and oxygen atoms in total. The fourth-order valence-corrected chi connectivity index (χ4v) is 2.24. The summed E-state index contributed by atoms with van der Waals surface area (Å²) in [4.78, 5) is 15.4. The third kappa shape index (κ3) is 2.09. The lowest BCUT2D eigenvalue weighted by Gasteiger charge is -2.04. The maximum Gasteiger partial charge on any atom is 0.337 e. The molecule has 0 atom stereocenters. The zero-order valence-corrected chi connectivity index (χ0v) is 10.5. The Kier molecular flexibility index (Phi) is 2.87. The van der Waals surface area contributed by atoms with Crippen LogP contribution in [0.15, 0.2) is 48.8 Å². The molecule has 0 unspecified atom stereocenters. The van der Waals surface area contributed by atoms with Crippen molar-refractivity contribution in [3.63, 3.8) is 0 Å². The summed E-state index contributed by atoms with van der Waals surface area (Å²) in [6.45, 7) is 0. The number of fused-ring (bicyclic) bond motifs is 1. The van der Waals surface area contributed by atoms with Gasteiger partial charge in [0, 0.05) is 12.6 Å². The molecule has 100 valence electrons. The highest BCUT2D eigenvalue weighted by atomic mass is 16.4. The van der Waals surface area contributed by atoms with E-state index in [1.807, 2.05) is 6.07 Å². The maximum absolute atomic E-state index is 11.2. The van der Waals surface area contributed by atoms with E-state index in [0.29, 0.717) is 11.9 Å². The summed E-state index contributed by atoms with van der Waals surface area (Å²) < 4.78 is 1.76. The van der Waals surface area contributed by atoms with E-state index in [2.05, 4.69) is 4.98 Å². The summed E-state index contributed by atoms with van der Waals surface area (Å²) in [5.41, 5.74) is 1.70. The third-order valence-corrected chi connectivity index (χ3v) is 3.15. The fourth-order valence-electron chi connectivity index (χ4n) is 2.24. The van der Waals surface area contributed by atoms with Crippen molar-refractivity contribution in [1.82, 2.24) is 9.38 Å². The van der Waals surface area contributed by atoms with E-state index < -0.39 is 5.97 Å². The molecular formula is C15H12N2O3. The van der Waals surface area contributed by atoms with Gasteiger partial charge in [0.1, 0.15) is 11.6 Å². The number of aromatic nitrogens is 2. The molecule has 5 heteroatoms. The lowest BCUT2D eigenvalue weighted by molar-refractivity contribution is 0.0698. The maximum atomic E-state index is 11.2. The Bertz CT molecular complexity index is 793. The molecule has 3 rings (SSSR count). The highest BCUT2D eigenvalue weighted by Crippen LogP contribution is 2.17. The molecule has 0 aliphatic heterocycles. The molecule has 0 saturated carbocycles. The highest BCUT2D eigenvalue weighted by Gasteiger charge is 2.12. The molecule has 2 heterocycles. The van der Waals surface area contributed by atoms with Crippen LogP contribution < -0.4 is 0 Å². The number of imidazole rings is 1. The molecular weight excluding hydrogens is 256 g/mol. The molecule has 2 aromatic heterocycles. The quantitative estimate of drug-likeness (QED) is 0.764. The van der Waals surface area contributed by atoms with Gasteiger partial charge >= 0.3 is 5.97 Å². The number of nitrogens with zero attached hydrogens (tertiary/aromatic N) is 2. The van der Waals surface area contributed by atoms with Crippen molar-refractivity contribution in [3.8, 4) is 5.75 Å². The van der Waals surface area contributed by atoms with Gasteiger partial charge in [-0.05, 0) is 29.8 Å². The number of carboxylic acids is 1. The molecule has 0 radical (unpaired) electrons. The van der Waals surface area contributed by atoms with Crippen LogP contribution >= 0.6 is 0 Å². The smallest absolute Gasteiger partial charge is 0.337 e. The predicted octanol–water partition coefficient (Wildman–Crippen LogP) is 2.33. The van der Waals surface area contributed by atoms with Crippen LogP contribution in [0.5, 0.6) is 5.75 Å². The van der Waals surface area contributed by atoms with Crippen molar-refractivity contribution in [3.05, 3.63) is 65.7 Å². The van der Waals surface area contributed by atoms with E-state index in [1.54, 1.807) is 47.1 Å². The first kappa shape index (κ1) is 12.2. The van der Waals surface area contributed by atoms with E-state index in [4.69, 9.17) is 5.11 Å². The predicted molar refractivity (Wildman–Crippen MR) is 73.1 cm³/mol. The van der Waals surface area contributed by atoms with Crippen molar-refractivity contribution in [2.45, 2.75) is 6.42 Å². The lowest BCUT2D eigenvalue weighted by Crippen LogP contribution is -2.01. The molecule has 0 amide bonds. The molecule has 0 fully saturated rings. The Balaban J connectivity index is 2.05. The van der Waals surface area contributed by atoms with Gasteiger partial charge < -0.3 is 14.6 Å². The monoisotopic (exact) mass is 268 g/mol. The van der Waals surface area contributed by atoms with Crippen LogP contribution in [0.2, 0.25) is 0 Å². The van der Waals surface area contributed by atoms with E-state index in [9.17, 15) is 9.90 Å². The average Bonchev–Trinajstić information content (AvgIpc) is 2.82. The zero-order valence-electron chi connectivity index (χ0n) is 10.5. The fraction of sp³-hybridized carbons (Fsp3) is 0.0667. The van der Waals surface area contributed by atoms with Crippen LogP contribution in [-0.2, 0) is 6.42 Å². The van der Waals surface area contributed by atoms with Crippen LogP contribution in [0.1, 0.15) is 21.7 Å². The highest BCUT2D eigenvalue weighted by molar-refractivity contribution is 5.95. The van der Waals surface area contributed by atoms with E-state index in [1.165, 1.54) is 0 Å². The first-order valence-corrected chi connectivity index (χ1v) is 6.11. The van der Waals surface area contributed by atoms with Crippen LogP contribution in [0.4, 0.5) is 0 Å². The molecule has 0 aliphatic carbocycles. The summed E-state index contributed by atoms with van der Waals surface area (Å²) in [7, 11) is 0. The number of phenols is 1. The van der Waals surface area contributed by atoms with Crippen molar-refractivity contribution in [2.24, 2.45) is 0 Å². The number of carbonyl (C=O) groups is 1. The molecule has 0 aliphatic rings. The SMILES string of the molecule is O=C(O)c1cccn2c(Cc3cccc(O)c3)ncc12. The van der Waals surface area contributed by atoms with Crippen molar-refractivity contribution in [2.75, 3.05) is 0 Å². The normalized spacial score (nSPS) is 10.8. The topological polar surface area (TPSA) is 74.8 Å². The minimum Gasteiger partial charge on any atom is -0.508 e. The number of rotatable bonds is 3. The Hall–Kier alpha value is -2.82. The lowest BCUT2D eigenvalue weighted by atomic mass is 10.1. The van der Waals surface area contributed by atoms with Crippen molar-refractivity contribution < 1.29 is 15.0 Å². The van der Waals surface area contributed by atoms with E-state index in [0.717, 1.165) is 11.4 Å². The van der Waals surface area contributed by atoms with Gasteiger partial charge in [0.05, 0.1) is 17.3 Å². The second kappa shape index (κ2) is 4.70. The number of benzene rings is 1. The van der Waals surface area contributed by atoms with Crippen LogP contribution in [0.25, 0.3) is 5.52 Å². The molecule has 2 N–H and O–H groups in total. The number of phenolic OH excluding ortho intramolecular Hbond substituents is 1. The zero-order chi connectivity index (χ0) is 14.1. The number of pyridine rings is 1.